The van der Waals surface area contributed by atoms with E-state index in [1.165, 1.54) is 50.9 Å². The van der Waals surface area contributed by atoms with Gasteiger partial charge in [0.05, 0.1) is 6.10 Å². The van der Waals surface area contributed by atoms with E-state index in [0.29, 0.717) is 0 Å². The molecule has 4 heteroatoms. The van der Waals surface area contributed by atoms with Crippen molar-refractivity contribution in [3.05, 3.63) is 29.8 Å². The van der Waals surface area contributed by atoms with E-state index < -0.39 is 0 Å². The Bertz CT molecular complexity index is 451. The van der Waals surface area contributed by atoms with Gasteiger partial charge < -0.3 is 10.1 Å². The van der Waals surface area contributed by atoms with Crippen LogP contribution in [0.15, 0.2) is 24.3 Å². The molecule has 1 N–H and O–H groups in total. The maximum atomic E-state index is 5.70. The zero-order valence-corrected chi connectivity index (χ0v) is 15.3. The highest BCUT2D eigenvalue weighted by Gasteiger charge is 2.24. The number of nitrogens with one attached hydrogen (secondary N) is 1. The van der Waals surface area contributed by atoms with Crippen LogP contribution in [0.2, 0.25) is 0 Å². The molecule has 1 heterocycles. The number of nitrogens with zero attached hydrogens (tertiary/aromatic N) is 1. The fraction of sp³-hybridized carbons (Fsp3) is 0.684. The van der Waals surface area contributed by atoms with Crippen LogP contribution in [0.3, 0.4) is 0 Å². The lowest BCUT2D eigenvalue weighted by Gasteiger charge is -2.32. The molecule has 2 fully saturated rings. The number of piperidine rings is 1. The van der Waals surface area contributed by atoms with Crippen molar-refractivity contribution < 1.29 is 4.74 Å². The van der Waals surface area contributed by atoms with Crippen LogP contribution >= 0.6 is 12.4 Å². The summed E-state index contributed by atoms with van der Waals surface area (Å²) in [5.41, 5.74) is 1.39. The van der Waals surface area contributed by atoms with Crippen LogP contribution in [-0.4, -0.2) is 36.7 Å². The van der Waals surface area contributed by atoms with Gasteiger partial charge in [-0.3, -0.25) is 4.90 Å². The SMILES string of the molecule is CC(C)Oc1ccc(CN2CCC(NCC3CC3)CC2)cc1.Cl. The summed E-state index contributed by atoms with van der Waals surface area (Å²) in [6.07, 6.45) is 5.72. The van der Waals surface area contributed by atoms with E-state index >= 15 is 0 Å². The quantitative estimate of drug-likeness (QED) is 0.817. The molecule has 0 aromatic heterocycles. The molecule has 0 atom stereocenters. The number of likely N-dealkylation sites (tertiary alicyclic amines) is 1. The Balaban J connectivity index is 0.00000192. The van der Waals surface area contributed by atoms with Gasteiger partial charge in [0.1, 0.15) is 5.75 Å². The Morgan fingerprint density at radius 1 is 1.09 bits per heavy atom. The Morgan fingerprint density at radius 3 is 2.30 bits per heavy atom. The lowest BCUT2D eigenvalue weighted by Crippen LogP contribution is -2.42. The monoisotopic (exact) mass is 338 g/mol. The molecular weight excluding hydrogens is 308 g/mol. The minimum atomic E-state index is 0. The van der Waals surface area contributed by atoms with Crippen LogP contribution < -0.4 is 10.1 Å². The molecule has 1 aromatic carbocycles. The van der Waals surface area contributed by atoms with Gasteiger partial charge in [-0.2, -0.15) is 0 Å². The average Bonchev–Trinajstić information content (AvgIpc) is 3.32. The first-order valence-corrected chi connectivity index (χ1v) is 8.90. The van der Waals surface area contributed by atoms with Gasteiger partial charge in [0.2, 0.25) is 0 Å². The van der Waals surface area contributed by atoms with Gasteiger partial charge in [-0.15, -0.1) is 12.4 Å². The first-order chi connectivity index (χ1) is 10.7. The van der Waals surface area contributed by atoms with Crippen LogP contribution in [0.5, 0.6) is 5.75 Å². The van der Waals surface area contributed by atoms with E-state index in [9.17, 15) is 0 Å². The molecule has 0 amide bonds. The van der Waals surface area contributed by atoms with Crippen LogP contribution in [0.4, 0.5) is 0 Å². The summed E-state index contributed by atoms with van der Waals surface area (Å²) in [6.45, 7) is 8.88. The third-order valence-corrected chi connectivity index (χ3v) is 4.68. The number of benzene rings is 1. The van der Waals surface area contributed by atoms with Crippen LogP contribution in [0.1, 0.15) is 45.1 Å². The number of rotatable bonds is 7. The van der Waals surface area contributed by atoms with E-state index in [1.807, 2.05) is 0 Å². The average molecular weight is 339 g/mol. The summed E-state index contributed by atoms with van der Waals surface area (Å²) in [6, 6.07) is 9.35. The fourth-order valence-electron chi connectivity index (χ4n) is 3.15. The van der Waals surface area contributed by atoms with Crippen molar-refractivity contribution in [3.63, 3.8) is 0 Å². The van der Waals surface area contributed by atoms with Crippen molar-refractivity contribution in [2.75, 3.05) is 19.6 Å². The lowest BCUT2D eigenvalue weighted by atomic mass is 10.0. The summed E-state index contributed by atoms with van der Waals surface area (Å²) in [5, 5.41) is 3.75. The number of halogens is 1. The standard InChI is InChI=1S/C19H30N2O.ClH/c1-15(2)22-19-7-5-17(6-8-19)14-21-11-9-18(10-12-21)20-13-16-3-4-16;/h5-8,15-16,18,20H,3-4,9-14H2,1-2H3;1H. The zero-order valence-electron chi connectivity index (χ0n) is 14.5. The maximum Gasteiger partial charge on any atom is 0.119 e. The number of hydrogen-bond acceptors (Lipinski definition) is 3. The largest absolute Gasteiger partial charge is 0.491 e. The second-order valence-electron chi connectivity index (χ2n) is 7.21. The van der Waals surface area contributed by atoms with Crippen molar-refractivity contribution in [1.29, 1.82) is 0 Å². The predicted molar refractivity (Wildman–Crippen MR) is 98.5 cm³/mol. The minimum Gasteiger partial charge on any atom is -0.491 e. The second-order valence-corrected chi connectivity index (χ2v) is 7.21. The summed E-state index contributed by atoms with van der Waals surface area (Å²) >= 11 is 0. The van der Waals surface area contributed by atoms with Gasteiger partial charge in [0, 0.05) is 12.6 Å². The summed E-state index contributed by atoms with van der Waals surface area (Å²) in [7, 11) is 0. The van der Waals surface area contributed by atoms with Crippen LogP contribution in [-0.2, 0) is 6.54 Å². The highest BCUT2D eigenvalue weighted by Crippen LogP contribution is 2.28. The van der Waals surface area contributed by atoms with Gasteiger partial charge in [0.15, 0.2) is 0 Å². The molecule has 1 saturated heterocycles. The molecule has 23 heavy (non-hydrogen) atoms. The molecule has 1 aliphatic carbocycles. The molecule has 0 bridgehead atoms. The molecule has 1 saturated carbocycles. The van der Waals surface area contributed by atoms with E-state index in [4.69, 9.17) is 4.74 Å². The Morgan fingerprint density at radius 2 is 1.74 bits per heavy atom. The lowest BCUT2D eigenvalue weighted by molar-refractivity contribution is 0.190. The minimum absolute atomic E-state index is 0. The van der Waals surface area contributed by atoms with Gasteiger partial charge in [-0.05, 0) is 82.8 Å². The Hall–Kier alpha value is -0.770. The predicted octanol–water partition coefficient (Wildman–Crippen LogP) is 3.86. The Labute approximate surface area is 147 Å². The zero-order chi connectivity index (χ0) is 15.4. The molecule has 130 valence electrons. The first kappa shape index (κ1) is 18.6. The van der Waals surface area contributed by atoms with E-state index in [1.54, 1.807) is 0 Å². The van der Waals surface area contributed by atoms with Gasteiger partial charge in [0.25, 0.3) is 0 Å². The normalized spacial score (nSPS) is 19.6. The van der Waals surface area contributed by atoms with Crippen LogP contribution in [0, 0.1) is 5.92 Å². The van der Waals surface area contributed by atoms with Crippen molar-refractivity contribution in [2.45, 2.75) is 58.2 Å². The molecule has 0 unspecified atom stereocenters. The Kier molecular flexibility index (Phi) is 7.19. The fourth-order valence-corrected chi connectivity index (χ4v) is 3.15. The van der Waals surface area contributed by atoms with E-state index in [-0.39, 0.29) is 18.5 Å². The number of ether oxygens (including phenoxy) is 1. The van der Waals surface area contributed by atoms with E-state index in [0.717, 1.165) is 24.3 Å². The molecule has 1 aromatic rings. The van der Waals surface area contributed by atoms with Crippen molar-refractivity contribution in [1.82, 2.24) is 10.2 Å². The topological polar surface area (TPSA) is 24.5 Å². The van der Waals surface area contributed by atoms with Gasteiger partial charge in [-0.25, -0.2) is 0 Å². The molecule has 1 aliphatic heterocycles. The first-order valence-electron chi connectivity index (χ1n) is 8.90. The van der Waals surface area contributed by atoms with Crippen molar-refractivity contribution in [2.24, 2.45) is 5.92 Å². The van der Waals surface area contributed by atoms with Crippen molar-refractivity contribution in [3.8, 4) is 5.75 Å². The van der Waals surface area contributed by atoms with Crippen molar-refractivity contribution >= 4 is 12.4 Å². The van der Waals surface area contributed by atoms with Crippen LogP contribution in [0.25, 0.3) is 0 Å². The second kappa shape index (κ2) is 8.91. The van der Waals surface area contributed by atoms with Gasteiger partial charge in [-0.1, -0.05) is 12.1 Å². The highest BCUT2D eigenvalue weighted by atomic mass is 35.5. The molecule has 0 radical (unpaired) electrons. The summed E-state index contributed by atoms with van der Waals surface area (Å²) < 4.78 is 5.70. The molecule has 2 aliphatic rings. The maximum absolute atomic E-state index is 5.70. The molecule has 3 nitrogen and oxygen atoms in total. The number of hydrogen-bond donors (Lipinski definition) is 1. The van der Waals surface area contributed by atoms with Gasteiger partial charge >= 0.3 is 0 Å². The molecule has 3 rings (SSSR count). The smallest absolute Gasteiger partial charge is 0.119 e. The summed E-state index contributed by atoms with van der Waals surface area (Å²) in [4.78, 5) is 2.58. The molecule has 0 spiro atoms. The molecular formula is C19H31ClN2O. The third-order valence-electron chi connectivity index (χ3n) is 4.68. The third kappa shape index (κ3) is 6.33. The highest BCUT2D eigenvalue weighted by molar-refractivity contribution is 5.85. The summed E-state index contributed by atoms with van der Waals surface area (Å²) in [5.74, 6) is 1.96. The van der Waals surface area contributed by atoms with E-state index in [2.05, 4.69) is 48.3 Å².